The minimum atomic E-state index is -0.213. The molecular formula is C16H21BrN2O. The Morgan fingerprint density at radius 2 is 1.75 bits per heavy atom. The van der Waals surface area contributed by atoms with Gasteiger partial charge in [-0.2, -0.15) is 0 Å². The van der Waals surface area contributed by atoms with Crippen LogP contribution in [0.3, 0.4) is 0 Å². The molecule has 3 rings (SSSR count). The zero-order valence-corrected chi connectivity index (χ0v) is 13.5. The molecule has 2 aliphatic rings. The topological polar surface area (TPSA) is 23.6 Å². The third kappa shape index (κ3) is 2.51. The second-order valence-electron chi connectivity index (χ2n) is 5.82. The molecule has 1 aliphatic heterocycles. The number of likely N-dealkylation sites (N-methyl/N-ethyl adjacent to an activating group) is 1. The minimum absolute atomic E-state index is 0.213. The number of carbonyl (C=O) groups excluding carboxylic acids is 1. The van der Waals surface area contributed by atoms with Crippen molar-refractivity contribution in [1.29, 1.82) is 0 Å². The molecule has 20 heavy (non-hydrogen) atoms. The Kier molecular flexibility index (Phi) is 3.87. The number of benzene rings is 1. The predicted molar refractivity (Wildman–Crippen MR) is 83.7 cm³/mol. The summed E-state index contributed by atoms with van der Waals surface area (Å²) in [5.74, 6) is 0.343. The maximum atomic E-state index is 12.9. The monoisotopic (exact) mass is 336 g/mol. The van der Waals surface area contributed by atoms with Crippen LogP contribution >= 0.6 is 15.9 Å². The molecule has 3 nitrogen and oxygen atoms in total. The Hall–Kier alpha value is -0.870. The highest BCUT2D eigenvalue weighted by atomic mass is 79.9. The lowest BCUT2D eigenvalue weighted by molar-refractivity contribution is -0.135. The average Bonchev–Trinajstić information content (AvgIpc) is 3.29. The van der Waals surface area contributed by atoms with Crippen molar-refractivity contribution >= 4 is 21.8 Å². The first-order valence-electron chi connectivity index (χ1n) is 7.43. The molecule has 1 aromatic carbocycles. The molecule has 1 saturated carbocycles. The van der Waals surface area contributed by atoms with Crippen LogP contribution in [0.15, 0.2) is 28.7 Å². The average molecular weight is 337 g/mol. The maximum Gasteiger partial charge on any atom is 0.233 e. The van der Waals surface area contributed by atoms with Gasteiger partial charge in [0, 0.05) is 30.7 Å². The number of piperazine rings is 1. The van der Waals surface area contributed by atoms with Gasteiger partial charge < -0.3 is 9.80 Å². The summed E-state index contributed by atoms with van der Waals surface area (Å²) in [4.78, 5) is 17.3. The van der Waals surface area contributed by atoms with Crippen molar-refractivity contribution in [1.82, 2.24) is 9.80 Å². The fraction of sp³-hybridized carbons (Fsp3) is 0.562. The number of amides is 1. The molecule has 1 aromatic rings. The van der Waals surface area contributed by atoms with Crippen molar-refractivity contribution in [3.05, 3.63) is 34.3 Å². The van der Waals surface area contributed by atoms with E-state index in [-0.39, 0.29) is 5.41 Å². The lowest BCUT2D eigenvalue weighted by atomic mass is 9.94. The second kappa shape index (κ2) is 5.49. The first kappa shape index (κ1) is 14.1. The van der Waals surface area contributed by atoms with E-state index in [4.69, 9.17) is 0 Å². The third-order valence-corrected chi connectivity index (χ3v) is 5.19. The summed E-state index contributed by atoms with van der Waals surface area (Å²) in [7, 11) is 0. The molecule has 1 amide bonds. The molecule has 0 radical (unpaired) electrons. The molecule has 0 atom stereocenters. The van der Waals surface area contributed by atoms with Crippen LogP contribution in [0.4, 0.5) is 0 Å². The van der Waals surface area contributed by atoms with Crippen LogP contribution in [0.5, 0.6) is 0 Å². The summed E-state index contributed by atoms with van der Waals surface area (Å²) < 4.78 is 1.07. The third-order valence-electron chi connectivity index (χ3n) is 4.66. The SMILES string of the molecule is CCN1CCN(C(=O)C2(c3ccc(Br)cc3)CC2)CC1. The number of carbonyl (C=O) groups is 1. The molecule has 0 unspecified atom stereocenters. The van der Waals surface area contributed by atoms with E-state index in [0.717, 1.165) is 50.0 Å². The van der Waals surface area contributed by atoms with E-state index in [1.54, 1.807) is 0 Å². The highest BCUT2D eigenvalue weighted by Gasteiger charge is 2.53. The lowest BCUT2D eigenvalue weighted by Gasteiger charge is -2.36. The smallest absolute Gasteiger partial charge is 0.233 e. The van der Waals surface area contributed by atoms with Gasteiger partial charge in [-0.05, 0) is 37.1 Å². The van der Waals surface area contributed by atoms with Gasteiger partial charge in [0.05, 0.1) is 5.41 Å². The maximum absolute atomic E-state index is 12.9. The summed E-state index contributed by atoms with van der Waals surface area (Å²) in [6.07, 6.45) is 2.00. The van der Waals surface area contributed by atoms with Crippen LogP contribution < -0.4 is 0 Å². The van der Waals surface area contributed by atoms with Crippen molar-refractivity contribution < 1.29 is 4.79 Å². The summed E-state index contributed by atoms with van der Waals surface area (Å²) >= 11 is 3.46. The molecule has 0 spiro atoms. The van der Waals surface area contributed by atoms with Crippen LogP contribution in [0.25, 0.3) is 0 Å². The molecular weight excluding hydrogens is 316 g/mol. The summed E-state index contributed by atoms with van der Waals surface area (Å²) in [6, 6.07) is 8.27. The number of hydrogen-bond donors (Lipinski definition) is 0. The standard InChI is InChI=1S/C16H21BrN2O/c1-2-18-9-11-19(12-10-18)15(20)16(7-8-16)13-3-5-14(17)6-4-13/h3-6H,2,7-12H2,1H3. The predicted octanol–water partition coefficient (Wildman–Crippen LogP) is 2.64. The van der Waals surface area contributed by atoms with E-state index in [1.165, 1.54) is 5.56 Å². The Morgan fingerprint density at radius 1 is 1.15 bits per heavy atom. The Balaban J connectivity index is 1.72. The molecule has 0 N–H and O–H groups in total. The van der Waals surface area contributed by atoms with Gasteiger partial charge in [0.2, 0.25) is 5.91 Å². The fourth-order valence-corrected chi connectivity index (χ4v) is 3.35. The fourth-order valence-electron chi connectivity index (χ4n) is 3.09. The quantitative estimate of drug-likeness (QED) is 0.847. The summed E-state index contributed by atoms with van der Waals surface area (Å²) in [5.41, 5.74) is 0.971. The van der Waals surface area contributed by atoms with E-state index >= 15 is 0 Å². The van der Waals surface area contributed by atoms with Crippen LogP contribution in [-0.4, -0.2) is 48.4 Å². The van der Waals surface area contributed by atoms with Gasteiger partial charge in [-0.15, -0.1) is 0 Å². The van der Waals surface area contributed by atoms with Gasteiger partial charge in [0.1, 0.15) is 0 Å². The van der Waals surface area contributed by atoms with Gasteiger partial charge >= 0.3 is 0 Å². The van der Waals surface area contributed by atoms with Gasteiger partial charge in [-0.1, -0.05) is 35.0 Å². The number of nitrogens with zero attached hydrogens (tertiary/aromatic N) is 2. The van der Waals surface area contributed by atoms with Crippen molar-refractivity contribution in [2.24, 2.45) is 0 Å². The minimum Gasteiger partial charge on any atom is -0.339 e. The Bertz CT molecular complexity index is 488. The van der Waals surface area contributed by atoms with Crippen molar-refractivity contribution in [3.63, 3.8) is 0 Å². The van der Waals surface area contributed by atoms with Gasteiger partial charge in [0.15, 0.2) is 0 Å². The van der Waals surface area contributed by atoms with E-state index in [0.29, 0.717) is 5.91 Å². The van der Waals surface area contributed by atoms with Crippen molar-refractivity contribution in [3.8, 4) is 0 Å². The van der Waals surface area contributed by atoms with Crippen molar-refractivity contribution in [2.75, 3.05) is 32.7 Å². The van der Waals surface area contributed by atoms with Gasteiger partial charge in [-0.25, -0.2) is 0 Å². The molecule has 1 heterocycles. The Labute approximate surface area is 129 Å². The van der Waals surface area contributed by atoms with Gasteiger partial charge in [-0.3, -0.25) is 4.79 Å². The lowest BCUT2D eigenvalue weighted by Crippen LogP contribution is -2.51. The van der Waals surface area contributed by atoms with Crippen LogP contribution in [0, 0.1) is 0 Å². The van der Waals surface area contributed by atoms with Gasteiger partial charge in [0.25, 0.3) is 0 Å². The zero-order valence-electron chi connectivity index (χ0n) is 11.9. The number of rotatable bonds is 3. The van der Waals surface area contributed by atoms with E-state index < -0.39 is 0 Å². The largest absolute Gasteiger partial charge is 0.339 e. The summed E-state index contributed by atoms with van der Waals surface area (Å²) in [6.45, 7) is 7.05. The first-order valence-corrected chi connectivity index (χ1v) is 8.23. The molecule has 0 bridgehead atoms. The second-order valence-corrected chi connectivity index (χ2v) is 6.73. The van der Waals surface area contributed by atoms with E-state index in [9.17, 15) is 4.79 Å². The normalized spacial score (nSPS) is 21.8. The molecule has 1 saturated heterocycles. The number of halogens is 1. The molecule has 108 valence electrons. The molecule has 4 heteroatoms. The van der Waals surface area contributed by atoms with E-state index in [2.05, 4.69) is 44.8 Å². The first-order chi connectivity index (χ1) is 9.65. The zero-order chi connectivity index (χ0) is 14.2. The highest BCUT2D eigenvalue weighted by molar-refractivity contribution is 9.10. The van der Waals surface area contributed by atoms with E-state index in [1.807, 2.05) is 12.1 Å². The summed E-state index contributed by atoms with van der Waals surface area (Å²) in [5, 5.41) is 0. The number of hydrogen-bond acceptors (Lipinski definition) is 2. The van der Waals surface area contributed by atoms with Crippen LogP contribution in [0.2, 0.25) is 0 Å². The molecule has 1 aliphatic carbocycles. The van der Waals surface area contributed by atoms with Crippen LogP contribution in [0.1, 0.15) is 25.3 Å². The van der Waals surface area contributed by atoms with Crippen LogP contribution in [-0.2, 0) is 10.2 Å². The molecule has 0 aromatic heterocycles. The Morgan fingerprint density at radius 3 is 2.25 bits per heavy atom. The van der Waals surface area contributed by atoms with Crippen molar-refractivity contribution in [2.45, 2.75) is 25.2 Å². The molecule has 2 fully saturated rings. The highest BCUT2D eigenvalue weighted by Crippen LogP contribution is 2.49.